The first-order chi connectivity index (χ1) is 11.7. The van der Waals surface area contributed by atoms with Gasteiger partial charge in [0.1, 0.15) is 5.01 Å². The molecule has 0 spiro atoms. The summed E-state index contributed by atoms with van der Waals surface area (Å²) in [5.74, 6) is 0.213. The average Bonchev–Trinajstić information content (AvgIpc) is 3.30. The van der Waals surface area contributed by atoms with Crippen LogP contribution in [0.4, 0.5) is 5.69 Å². The van der Waals surface area contributed by atoms with Gasteiger partial charge in [-0.25, -0.2) is 9.97 Å². The Hall–Kier alpha value is -2.05. The van der Waals surface area contributed by atoms with Crippen molar-refractivity contribution < 1.29 is 4.79 Å². The summed E-state index contributed by atoms with van der Waals surface area (Å²) in [6.07, 6.45) is 2.38. The van der Waals surface area contributed by atoms with Gasteiger partial charge in [0.25, 0.3) is 0 Å². The molecule has 1 aromatic carbocycles. The molecule has 1 fully saturated rings. The van der Waals surface area contributed by atoms with E-state index in [-0.39, 0.29) is 5.91 Å². The van der Waals surface area contributed by atoms with Crippen molar-refractivity contribution >= 4 is 34.3 Å². The van der Waals surface area contributed by atoms with Crippen LogP contribution in [0.5, 0.6) is 0 Å². The zero-order valence-electron chi connectivity index (χ0n) is 13.4. The lowest BCUT2D eigenvalue weighted by Crippen LogP contribution is -2.23. The molecule has 2 aromatic heterocycles. The highest BCUT2D eigenvalue weighted by molar-refractivity contribution is 7.11. The predicted molar refractivity (Wildman–Crippen MR) is 98.8 cm³/mol. The maximum Gasteiger partial charge on any atom is 0.227 e. The highest BCUT2D eigenvalue weighted by atomic mass is 32.1. The van der Waals surface area contributed by atoms with Crippen molar-refractivity contribution in [1.29, 1.82) is 0 Å². The molecule has 1 amide bonds. The van der Waals surface area contributed by atoms with Gasteiger partial charge in [0, 0.05) is 40.7 Å². The second-order valence-corrected chi connectivity index (χ2v) is 7.77. The van der Waals surface area contributed by atoms with Crippen molar-refractivity contribution in [2.75, 3.05) is 11.4 Å². The Morgan fingerprint density at radius 1 is 1.17 bits per heavy atom. The van der Waals surface area contributed by atoms with Crippen LogP contribution < -0.4 is 4.90 Å². The summed E-state index contributed by atoms with van der Waals surface area (Å²) >= 11 is 3.34. The third-order valence-corrected chi connectivity index (χ3v) is 5.86. The predicted octanol–water partition coefficient (Wildman–Crippen LogP) is 4.29. The summed E-state index contributed by atoms with van der Waals surface area (Å²) in [6, 6.07) is 8.11. The molecule has 3 aromatic rings. The minimum atomic E-state index is 0.213. The number of hydrogen-bond donors (Lipinski definition) is 0. The summed E-state index contributed by atoms with van der Waals surface area (Å²) in [5.41, 5.74) is 4.07. The summed E-state index contributed by atoms with van der Waals surface area (Å²) in [7, 11) is 0. The van der Waals surface area contributed by atoms with Gasteiger partial charge in [-0.2, -0.15) is 0 Å². The van der Waals surface area contributed by atoms with Crippen LogP contribution >= 0.6 is 22.7 Å². The lowest BCUT2D eigenvalue weighted by atomic mass is 10.1. The fourth-order valence-electron chi connectivity index (χ4n) is 2.89. The molecule has 3 heterocycles. The van der Waals surface area contributed by atoms with Gasteiger partial charge in [0.15, 0.2) is 0 Å². The number of amides is 1. The van der Waals surface area contributed by atoms with Gasteiger partial charge in [-0.3, -0.25) is 4.79 Å². The van der Waals surface area contributed by atoms with Gasteiger partial charge in [0.05, 0.1) is 17.1 Å². The number of aromatic nitrogens is 2. The summed E-state index contributed by atoms with van der Waals surface area (Å²) < 4.78 is 0. The van der Waals surface area contributed by atoms with Crippen molar-refractivity contribution in [3.63, 3.8) is 0 Å². The zero-order chi connectivity index (χ0) is 16.5. The van der Waals surface area contributed by atoms with Crippen LogP contribution in [-0.4, -0.2) is 22.4 Å². The molecule has 0 radical (unpaired) electrons. The Morgan fingerprint density at radius 3 is 2.75 bits per heavy atom. The number of nitrogens with zero attached hydrogens (tertiary/aromatic N) is 3. The molecule has 1 aliphatic rings. The molecular formula is C18H17N3OS2. The van der Waals surface area contributed by atoms with Crippen LogP contribution in [0, 0.1) is 6.92 Å². The van der Waals surface area contributed by atoms with Crippen LogP contribution in [0.1, 0.15) is 28.6 Å². The molecule has 24 heavy (non-hydrogen) atoms. The minimum absolute atomic E-state index is 0.213. The SMILES string of the molecule is Cc1csc(Cc2nc(-c3cccc(N4CCCC4=O)c3)cs2)n1. The number of carbonyl (C=O) groups is 1. The smallest absolute Gasteiger partial charge is 0.227 e. The maximum absolute atomic E-state index is 11.9. The van der Waals surface area contributed by atoms with Crippen molar-refractivity contribution in [2.45, 2.75) is 26.2 Å². The molecular weight excluding hydrogens is 338 g/mol. The van der Waals surface area contributed by atoms with E-state index in [9.17, 15) is 4.79 Å². The Morgan fingerprint density at radius 2 is 2.00 bits per heavy atom. The van der Waals surface area contributed by atoms with E-state index < -0.39 is 0 Å². The number of benzene rings is 1. The monoisotopic (exact) mass is 355 g/mol. The van der Waals surface area contributed by atoms with E-state index in [0.717, 1.165) is 52.0 Å². The maximum atomic E-state index is 11.9. The van der Waals surface area contributed by atoms with Gasteiger partial charge in [-0.1, -0.05) is 12.1 Å². The molecule has 6 heteroatoms. The quantitative estimate of drug-likeness (QED) is 0.701. The highest BCUT2D eigenvalue weighted by Crippen LogP contribution is 2.29. The third-order valence-electron chi connectivity index (χ3n) is 4.05. The molecule has 1 aliphatic heterocycles. The number of hydrogen-bond acceptors (Lipinski definition) is 5. The van der Waals surface area contributed by atoms with Crippen molar-refractivity contribution in [3.05, 3.63) is 50.7 Å². The normalized spacial score (nSPS) is 14.5. The average molecular weight is 355 g/mol. The molecule has 0 aliphatic carbocycles. The molecule has 0 atom stereocenters. The first kappa shape index (κ1) is 15.5. The minimum Gasteiger partial charge on any atom is -0.312 e. The van der Waals surface area contributed by atoms with Gasteiger partial charge in [-0.15, -0.1) is 22.7 Å². The van der Waals surface area contributed by atoms with E-state index in [1.807, 2.05) is 24.0 Å². The Balaban J connectivity index is 1.57. The molecule has 0 saturated carbocycles. The van der Waals surface area contributed by atoms with Crippen molar-refractivity contribution in [1.82, 2.24) is 9.97 Å². The first-order valence-electron chi connectivity index (χ1n) is 7.95. The Bertz CT molecular complexity index is 884. The van der Waals surface area contributed by atoms with Crippen LogP contribution in [0.2, 0.25) is 0 Å². The van der Waals surface area contributed by atoms with E-state index in [0.29, 0.717) is 6.42 Å². The molecule has 4 rings (SSSR count). The van der Waals surface area contributed by atoms with Crippen LogP contribution in [0.15, 0.2) is 35.0 Å². The van der Waals surface area contributed by atoms with Crippen LogP contribution in [0.3, 0.4) is 0 Å². The molecule has 122 valence electrons. The highest BCUT2D eigenvalue weighted by Gasteiger charge is 2.22. The lowest BCUT2D eigenvalue weighted by molar-refractivity contribution is -0.117. The van der Waals surface area contributed by atoms with Gasteiger partial charge in [-0.05, 0) is 25.5 Å². The fraction of sp³-hybridized carbons (Fsp3) is 0.278. The number of aryl methyl sites for hydroxylation is 1. The third kappa shape index (κ3) is 3.12. The summed E-state index contributed by atoms with van der Waals surface area (Å²) in [6.45, 7) is 2.83. The fourth-order valence-corrected chi connectivity index (χ4v) is 4.57. The van der Waals surface area contributed by atoms with E-state index in [1.165, 1.54) is 0 Å². The van der Waals surface area contributed by atoms with Gasteiger partial charge < -0.3 is 4.90 Å². The Kier molecular flexibility index (Phi) is 4.16. The Labute approximate surface area is 148 Å². The van der Waals surface area contributed by atoms with Crippen molar-refractivity contribution in [2.24, 2.45) is 0 Å². The van der Waals surface area contributed by atoms with E-state index in [1.54, 1.807) is 22.7 Å². The van der Waals surface area contributed by atoms with Crippen LogP contribution in [0.25, 0.3) is 11.3 Å². The number of carbonyl (C=O) groups excluding carboxylic acids is 1. The lowest BCUT2D eigenvalue weighted by Gasteiger charge is -2.16. The summed E-state index contributed by atoms with van der Waals surface area (Å²) in [4.78, 5) is 23.1. The topological polar surface area (TPSA) is 46.1 Å². The molecule has 0 bridgehead atoms. The molecule has 1 saturated heterocycles. The zero-order valence-corrected chi connectivity index (χ0v) is 15.0. The molecule has 4 nitrogen and oxygen atoms in total. The van der Waals surface area contributed by atoms with Crippen LogP contribution in [-0.2, 0) is 11.2 Å². The number of rotatable bonds is 4. The van der Waals surface area contributed by atoms with E-state index in [2.05, 4.69) is 27.9 Å². The second-order valence-electron chi connectivity index (χ2n) is 5.89. The number of anilines is 1. The summed E-state index contributed by atoms with van der Waals surface area (Å²) in [5, 5.41) is 6.33. The van der Waals surface area contributed by atoms with E-state index >= 15 is 0 Å². The standard InChI is InChI=1S/C18H17N3OS2/c1-12-10-23-16(19-12)9-17-20-15(11-24-17)13-4-2-5-14(8-13)21-7-3-6-18(21)22/h2,4-5,8,10-11H,3,6-7,9H2,1H3. The van der Waals surface area contributed by atoms with Gasteiger partial charge in [0.2, 0.25) is 5.91 Å². The van der Waals surface area contributed by atoms with Crippen molar-refractivity contribution in [3.8, 4) is 11.3 Å². The second kappa shape index (κ2) is 6.45. The van der Waals surface area contributed by atoms with E-state index in [4.69, 9.17) is 4.98 Å². The molecule has 0 unspecified atom stereocenters. The first-order valence-corrected chi connectivity index (χ1v) is 9.71. The van der Waals surface area contributed by atoms with Gasteiger partial charge >= 0.3 is 0 Å². The number of thiazole rings is 2. The largest absolute Gasteiger partial charge is 0.312 e. The molecule has 0 N–H and O–H groups in total.